The normalized spacial score (nSPS) is 11.9. The molecule has 0 amide bonds. The average molecular weight is 173 g/mol. The molecule has 5 heteroatoms. The molecular formula is C7H11NO4. The first-order valence-electron chi connectivity index (χ1n) is 3.28. The minimum atomic E-state index is -1.45. The zero-order valence-corrected chi connectivity index (χ0v) is 6.74. The molecule has 5 nitrogen and oxygen atoms in total. The van der Waals surface area contributed by atoms with Crippen molar-refractivity contribution in [3.63, 3.8) is 0 Å². The van der Waals surface area contributed by atoms with Gasteiger partial charge in [0.05, 0.1) is 0 Å². The highest BCUT2D eigenvalue weighted by molar-refractivity contribution is 5.96. The second-order valence-electron chi connectivity index (χ2n) is 2.24. The van der Waals surface area contributed by atoms with E-state index in [9.17, 15) is 9.59 Å². The van der Waals surface area contributed by atoms with E-state index in [1.54, 1.807) is 0 Å². The van der Waals surface area contributed by atoms with E-state index in [1.807, 2.05) is 0 Å². The lowest BCUT2D eigenvalue weighted by atomic mass is 10.3. The van der Waals surface area contributed by atoms with Crippen LogP contribution in [0.4, 0.5) is 0 Å². The van der Waals surface area contributed by atoms with Crippen molar-refractivity contribution >= 4 is 11.9 Å². The van der Waals surface area contributed by atoms with E-state index >= 15 is 0 Å². The molecule has 0 heterocycles. The van der Waals surface area contributed by atoms with E-state index in [2.05, 4.69) is 11.3 Å². The zero-order chi connectivity index (χ0) is 9.72. The standard InChI is InChI=1S/C7H11NO4/c1-4(2)6(10)12-7(11)5(9)3-8/h5,9H,1,3,8H2,2H3. The number of aliphatic hydroxyl groups is 1. The van der Waals surface area contributed by atoms with Gasteiger partial charge in [0.25, 0.3) is 0 Å². The number of nitrogens with two attached hydrogens (primary N) is 1. The fourth-order valence-corrected chi connectivity index (χ4v) is 0.343. The molecule has 0 bridgehead atoms. The maximum Gasteiger partial charge on any atom is 0.344 e. The Kier molecular flexibility index (Phi) is 4.17. The monoisotopic (exact) mass is 173 g/mol. The van der Waals surface area contributed by atoms with Crippen LogP contribution in [-0.4, -0.2) is 29.7 Å². The highest BCUT2D eigenvalue weighted by Gasteiger charge is 2.18. The molecule has 1 unspecified atom stereocenters. The van der Waals surface area contributed by atoms with Crippen molar-refractivity contribution in [2.45, 2.75) is 13.0 Å². The van der Waals surface area contributed by atoms with Gasteiger partial charge in [-0.1, -0.05) is 6.58 Å². The van der Waals surface area contributed by atoms with Crippen LogP contribution < -0.4 is 5.73 Å². The Morgan fingerprint density at radius 3 is 2.50 bits per heavy atom. The van der Waals surface area contributed by atoms with Gasteiger partial charge >= 0.3 is 11.9 Å². The van der Waals surface area contributed by atoms with Crippen LogP contribution in [0.15, 0.2) is 12.2 Å². The Hall–Kier alpha value is -1.20. The van der Waals surface area contributed by atoms with Crippen molar-refractivity contribution < 1.29 is 19.4 Å². The van der Waals surface area contributed by atoms with Crippen LogP contribution in [0.25, 0.3) is 0 Å². The van der Waals surface area contributed by atoms with E-state index < -0.39 is 18.0 Å². The van der Waals surface area contributed by atoms with Crippen molar-refractivity contribution in [2.75, 3.05) is 6.54 Å². The predicted molar refractivity (Wildman–Crippen MR) is 41.0 cm³/mol. The molecule has 0 saturated heterocycles. The average Bonchev–Trinajstić information content (AvgIpc) is 2.02. The molecule has 0 aliphatic heterocycles. The number of carbonyl (C=O) groups excluding carboxylic acids is 2. The first-order chi connectivity index (χ1) is 5.49. The number of esters is 2. The van der Waals surface area contributed by atoms with Gasteiger partial charge in [0, 0.05) is 12.1 Å². The SMILES string of the molecule is C=C(C)C(=O)OC(=O)C(O)CN. The molecule has 12 heavy (non-hydrogen) atoms. The van der Waals surface area contributed by atoms with Gasteiger partial charge in [0.15, 0.2) is 6.10 Å². The predicted octanol–water partition coefficient (Wildman–Crippen LogP) is -1.05. The number of ether oxygens (including phenoxy) is 1. The summed E-state index contributed by atoms with van der Waals surface area (Å²) >= 11 is 0. The summed E-state index contributed by atoms with van der Waals surface area (Å²) in [5.74, 6) is -1.90. The van der Waals surface area contributed by atoms with Crippen molar-refractivity contribution in [2.24, 2.45) is 5.73 Å². The quantitative estimate of drug-likeness (QED) is 0.323. The molecule has 0 rings (SSSR count). The van der Waals surface area contributed by atoms with Gasteiger partial charge < -0.3 is 15.6 Å². The summed E-state index contributed by atoms with van der Waals surface area (Å²) < 4.78 is 4.16. The summed E-state index contributed by atoms with van der Waals surface area (Å²) in [6.45, 7) is 4.37. The van der Waals surface area contributed by atoms with E-state index in [1.165, 1.54) is 6.92 Å². The molecule has 0 aromatic rings. The Morgan fingerprint density at radius 2 is 2.17 bits per heavy atom. The van der Waals surface area contributed by atoms with Crippen molar-refractivity contribution in [1.82, 2.24) is 0 Å². The second kappa shape index (κ2) is 4.63. The molecule has 3 N–H and O–H groups in total. The summed E-state index contributed by atoms with van der Waals surface area (Å²) in [6.07, 6.45) is -1.45. The van der Waals surface area contributed by atoms with Gasteiger partial charge in [-0.15, -0.1) is 0 Å². The van der Waals surface area contributed by atoms with E-state index in [0.29, 0.717) is 0 Å². The topological polar surface area (TPSA) is 89.6 Å². The zero-order valence-electron chi connectivity index (χ0n) is 6.74. The summed E-state index contributed by atoms with van der Waals surface area (Å²) in [5, 5.41) is 8.78. The molecular weight excluding hydrogens is 162 g/mol. The van der Waals surface area contributed by atoms with Crippen LogP contribution in [0.1, 0.15) is 6.92 Å². The fourth-order valence-electron chi connectivity index (χ4n) is 0.343. The van der Waals surface area contributed by atoms with Crippen molar-refractivity contribution in [3.8, 4) is 0 Å². The molecule has 0 radical (unpaired) electrons. The lowest BCUT2D eigenvalue weighted by Crippen LogP contribution is -2.32. The van der Waals surface area contributed by atoms with Gasteiger partial charge in [-0.25, -0.2) is 9.59 Å². The Morgan fingerprint density at radius 1 is 1.67 bits per heavy atom. The lowest BCUT2D eigenvalue weighted by molar-refractivity contribution is -0.163. The third-order valence-electron chi connectivity index (χ3n) is 1.04. The van der Waals surface area contributed by atoms with Gasteiger partial charge in [-0.3, -0.25) is 0 Å². The molecule has 0 fully saturated rings. The van der Waals surface area contributed by atoms with Crippen LogP contribution in [0.3, 0.4) is 0 Å². The summed E-state index contributed by atoms with van der Waals surface area (Å²) in [4.78, 5) is 21.4. The Balaban J connectivity index is 4.01. The van der Waals surface area contributed by atoms with Gasteiger partial charge in [-0.05, 0) is 6.92 Å². The first-order valence-corrected chi connectivity index (χ1v) is 3.28. The van der Waals surface area contributed by atoms with Crippen LogP contribution in [0, 0.1) is 0 Å². The maximum absolute atomic E-state index is 10.7. The third-order valence-corrected chi connectivity index (χ3v) is 1.04. The summed E-state index contributed by atoms with van der Waals surface area (Å²) in [5.41, 5.74) is 5.03. The minimum absolute atomic E-state index is 0.0903. The highest BCUT2D eigenvalue weighted by Crippen LogP contribution is 1.94. The van der Waals surface area contributed by atoms with E-state index in [-0.39, 0.29) is 12.1 Å². The summed E-state index contributed by atoms with van der Waals surface area (Å²) in [6, 6.07) is 0. The number of rotatable bonds is 3. The first kappa shape index (κ1) is 10.8. The summed E-state index contributed by atoms with van der Waals surface area (Å²) in [7, 11) is 0. The lowest BCUT2D eigenvalue weighted by Gasteiger charge is -2.05. The van der Waals surface area contributed by atoms with Crippen LogP contribution in [0.5, 0.6) is 0 Å². The third kappa shape index (κ3) is 3.27. The number of hydrogen-bond donors (Lipinski definition) is 2. The van der Waals surface area contributed by atoms with Gasteiger partial charge in [0.1, 0.15) is 0 Å². The minimum Gasteiger partial charge on any atom is -0.388 e. The molecule has 1 atom stereocenters. The molecule has 0 aromatic carbocycles. The number of carbonyl (C=O) groups is 2. The molecule has 0 spiro atoms. The van der Waals surface area contributed by atoms with Gasteiger partial charge in [0.2, 0.25) is 0 Å². The fraction of sp³-hybridized carbons (Fsp3) is 0.429. The maximum atomic E-state index is 10.7. The number of aliphatic hydroxyl groups excluding tert-OH is 1. The van der Waals surface area contributed by atoms with Crippen LogP contribution >= 0.6 is 0 Å². The Labute approximate surface area is 69.8 Å². The largest absolute Gasteiger partial charge is 0.388 e. The molecule has 0 aliphatic rings. The smallest absolute Gasteiger partial charge is 0.344 e. The highest BCUT2D eigenvalue weighted by atomic mass is 16.6. The second-order valence-corrected chi connectivity index (χ2v) is 2.24. The van der Waals surface area contributed by atoms with Crippen LogP contribution in [-0.2, 0) is 14.3 Å². The van der Waals surface area contributed by atoms with Crippen molar-refractivity contribution in [3.05, 3.63) is 12.2 Å². The van der Waals surface area contributed by atoms with Gasteiger partial charge in [-0.2, -0.15) is 0 Å². The molecule has 68 valence electrons. The van der Waals surface area contributed by atoms with E-state index in [4.69, 9.17) is 10.8 Å². The molecule has 0 saturated carbocycles. The Bertz CT molecular complexity index is 211. The van der Waals surface area contributed by atoms with Crippen molar-refractivity contribution in [1.29, 1.82) is 0 Å². The van der Waals surface area contributed by atoms with Crippen LogP contribution in [0.2, 0.25) is 0 Å². The molecule has 0 aliphatic carbocycles. The van der Waals surface area contributed by atoms with E-state index in [0.717, 1.165) is 0 Å². The number of hydrogen-bond acceptors (Lipinski definition) is 5. The molecule has 0 aromatic heterocycles.